The first-order valence-corrected chi connectivity index (χ1v) is 8.39. The van der Waals surface area contributed by atoms with Gasteiger partial charge in [0.05, 0.1) is 5.75 Å². The van der Waals surface area contributed by atoms with Crippen LogP contribution in [0.5, 0.6) is 0 Å². The van der Waals surface area contributed by atoms with E-state index in [1.165, 1.54) is 11.8 Å². The van der Waals surface area contributed by atoms with Crippen molar-refractivity contribution in [3.05, 3.63) is 46.9 Å². The highest BCUT2D eigenvalue weighted by Crippen LogP contribution is 2.20. The molecule has 0 saturated heterocycles. The molecule has 3 aromatic rings. The Morgan fingerprint density at radius 3 is 3.14 bits per heavy atom. The lowest BCUT2D eigenvalue weighted by atomic mass is 10.3. The summed E-state index contributed by atoms with van der Waals surface area (Å²) in [6.07, 6.45) is 3.34. The molecular weight excluding hydrogens is 320 g/mol. The van der Waals surface area contributed by atoms with Gasteiger partial charge in [-0.15, -0.1) is 0 Å². The third-order valence-corrected chi connectivity index (χ3v) is 4.27. The Hall–Kier alpha value is -2.19. The van der Waals surface area contributed by atoms with E-state index >= 15 is 0 Å². The molecule has 0 atom stereocenters. The monoisotopic (exact) mass is 332 g/mol. The standard InChI is InChI=1S/C14H12N4O2S2/c19-12(16-6-10-3-5-21-8-10)9-22-14-17-13(18-20-14)11-2-1-4-15-7-11/h1-5,7-8H,6,9H2,(H,16,19). The number of carbonyl (C=O) groups excluding carboxylic acids is 1. The lowest BCUT2D eigenvalue weighted by Gasteiger charge is -2.01. The van der Waals surface area contributed by atoms with Crippen molar-refractivity contribution in [1.29, 1.82) is 0 Å². The van der Waals surface area contributed by atoms with Gasteiger partial charge in [-0.2, -0.15) is 16.3 Å². The quantitative estimate of drug-likeness (QED) is 0.699. The molecule has 3 aromatic heterocycles. The van der Waals surface area contributed by atoms with Crippen LogP contribution in [0.15, 0.2) is 51.1 Å². The lowest BCUT2D eigenvalue weighted by molar-refractivity contribution is -0.118. The molecule has 6 nitrogen and oxygen atoms in total. The van der Waals surface area contributed by atoms with Crippen LogP contribution >= 0.6 is 23.1 Å². The number of hydrogen-bond donors (Lipinski definition) is 1. The molecule has 0 aliphatic rings. The number of aromatic nitrogens is 3. The van der Waals surface area contributed by atoms with Crippen LogP contribution in [0.25, 0.3) is 11.4 Å². The second-order valence-corrected chi connectivity index (χ2v) is 6.03. The van der Waals surface area contributed by atoms with Crippen molar-refractivity contribution in [1.82, 2.24) is 20.4 Å². The number of amides is 1. The summed E-state index contributed by atoms with van der Waals surface area (Å²) >= 11 is 2.82. The van der Waals surface area contributed by atoms with E-state index in [4.69, 9.17) is 4.52 Å². The van der Waals surface area contributed by atoms with Gasteiger partial charge in [0.2, 0.25) is 11.7 Å². The number of pyridine rings is 1. The predicted octanol–water partition coefficient (Wildman–Crippen LogP) is 2.60. The van der Waals surface area contributed by atoms with E-state index in [0.717, 1.165) is 11.1 Å². The number of thioether (sulfide) groups is 1. The van der Waals surface area contributed by atoms with Crippen molar-refractivity contribution in [3.63, 3.8) is 0 Å². The Balaban J connectivity index is 1.49. The molecule has 22 heavy (non-hydrogen) atoms. The van der Waals surface area contributed by atoms with Gasteiger partial charge in [0.1, 0.15) is 0 Å². The van der Waals surface area contributed by atoms with Gasteiger partial charge in [0.25, 0.3) is 5.22 Å². The van der Waals surface area contributed by atoms with E-state index in [0.29, 0.717) is 17.6 Å². The molecule has 3 rings (SSSR count). The Bertz CT molecular complexity index is 728. The average Bonchev–Trinajstić information content (AvgIpc) is 3.23. The highest BCUT2D eigenvalue weighted by atomic mass is 32.2. The molecule has 0 aromatic carbocycles. The number of rotatable bonds is 6. The molecule has 112 valence electrons. The van der Waals surface area contributed by atoms with E-state index in [1.54, 1.807) is 29.8 Å². The van der Waals surface area contributed by atoms with Crippen molar-refractivity contribution in [2.75, 3.05) is 5.75 Å². The summed E-state index contributed by atoms with van der Waals surface area (Å²) in [5.41, 5.74) is 1.88. The average molecular weight is 332 g/mol. The molecule has 3 heterocycles. The predicted molar refractivity (Wildman–Crippen MR) is 84.4 cm³/mol. The summed E-state index contributed by atoms with van der Waals surface area (Å²) in [7, 11) is 0. The normalized spacial score (nSPS) is 10.5. The van der Waals surface area contributed by atoms with Crippen molar-refractivity contribution in [2.24, 2.45) is 0 Å². The van der Waals surface area contributed by atoms with Crippen LogP contribution in [0.1, 0.15) is 5.56 Å². The maximum Gasteiger partial charge on any atom is 0.286 e. The van der Waals surface area contributed by atoms with E-state index in [-0.39, 0.29) is 11.7 Å². The SMILES string of the molecule is O=C(CSc1nc(-c2cccnc2)no1)NCc1ccsc1. The zero-order valence-corrected chi connectivity index (χ0v) is 13.1. The van der Waals surface area contributed by atoms with Gasteiger partial charge < -0.3 is 9.84 Å². The van der Waals surface area contributed by atoms with E-state index < -0.39 is 0 Å². The fourth-order valence-corrected chi connectivity index (χ4v) is 2.92. The largest absolute Gasteiger partial charge is 0.351 e. The topological polar surface area (TPSA) is 80.9 Å². The Labute approximate surface area is 135 Å². The van der Waals surface area contributed by atoms with Crippen molar-refractivity contribution in [3.8, 4) is 11.4 Å². The number of hydrogen-bond acceptors (Lipinski definition) is 7. The molecule has 1 N–H and O–H groups in total. The Morgan fingerprint density at radius 2 is 2.36 bits per heavy atom. The highest BCUT2D eigenvalue weighted by Gasteiger charge is 2.11. The number of nitrogens with zero attached hydrogens (tertiary/aromatic N) is 3. The minimum absolute atomic E-state index is 0.0719. The number of thiophene rings is 1. The summed E-state index contributed by atoms with van der Waals surface area (Å²) in [4.78, 5) is 20.0. The zero-order chi connectivity index (χ0) is 15.2. The summed E-state index contributed by atoms with van der Waals surface area (Å²) in [5.74, 6) is 0.630. The first-order chi connectivity index (χ1) is 10.8. The molecule has 0 aliphatic carbocycles. The van der Waals surface area contributed by atoms with E-state index in [2.05, 4.69) is 20.4 Å². The number of carbonyl (C=O) groups is 1. The van der Waals surface area contributed by atoms with Gasteiger partial charge in [-0.25, -0.2) is 0 Å². The molecule has 0 aliphatic heterocycles. The van der Waals surface area contributed by atoms with Gasteiger partial charge in [-0.1, -0.05) is 16.9 Å². The third-order valence-electron chi connectivity index (χ3n) is 2.72. The van der Waals surface area contributed by atoms with Gasteiger partial charge >= 0.3 is 0 Å². The summed E-state index contributed by atoms with van der Waals surface area (Å²) < 4.78 is 5.12. The molecule has 0 unspecified atom stereocenters. The smallest absolute Gasteiger partial charge is 0.286 e. The molecule has 0 saturated carbocycles. The fraction of sp³-hybridized carbons (Fsp3) is 0.143. The van der Waals surface area contributed by atoms with Gasteiger partial charge in [-0.05, 0) is 34.5 Å². The van der Waals surface area contributed by atoms with Crippen LogP contribution in [0.4, 0.5) is 0 Å². The number of nitrogens with one attached hydrogen (secondary N) is 1. The van der Waals surface area contributed by atoms with Gasteiger partial charge in [0, 0.05) is 24.5 Å². The maximum absolute atomic E-state index is 11.8. The summed E-state index contributed by atoms with van der Waals surface area (Å²) in [5, 5.41) is 11.1. The second-order valence-electron chi connectivity index (χ2n) is 4.32. The van der Waals surface area contributed by atoms with Crippen LogP contribution in [-0.2, 0) is 11.3 Å². The van der Waals surface area contributed by atoms with Crippen LogP contribution in [-0.4, -0.2) is 26.8 Å². The van der Waals surface area contributed by atoms with Crippen molar-refractivity contribution < 1.29 is 9.32 Å². The van der Waals surface area contributed by atoms with Crippen LogP contribution in [0.3, 0.4) is 0 Å². The molecule has 0 fully saturated rings. The molecule has 8 heteroatoms. The first kappa shape index (κ1) is 14.7. The van der Waals surface area contributed by atoms with Crippen molar-refractivity contribution in [2.45, 2.75) is 11.8 Å². The van der Waals surface area contributed by atoms with Gasteiger partial charge in [-0.3, -0.25) is 9.78 Å². The molecular formula is C14H12N4O2S2. The molecule has 1 amide bonds. The van der Waals surface area contributed by atoms with Gasteiger partial charge in [0.15, 0.2) is 0 Å². The fourth-order valence-electron chi connectivity index (χ4n) is 1.65. The minimum Gasteiger partial charge on any atom is -0.351 e. The Morgan fingerprint density at radius 1 is 1.41 bits per heavy atom. The third kappa shape index (κ3) is 3.92. The van der Waals surface area contributed by atoms with Crippen LogP contribution in [0.2, 0.25) is 0 Å². The zero-order valence-electron chi connectivity index (χ0n) is 11.4. The van der Waals surface area contributed by atoms with Crippen LogP contribution in [0, 0.1) is 0 Å². The lowest BCUT2D eigenvalue weighted by Crippen LogP contribution is -2.24. The Kier molecular flexibility index (Phi) is 4.81. The maximum atomic E-state index is 11.8. The second kappa shape index (κ2) is 7.19. The molecule has 0 bridgehead atoms. The summed E-state index contributed by atoms with van der Waals surface area (Å²) in [6.45, 7) is 0.535. The molecule has 0 spiro atoms. The van der Waals surface area contributed by atoms with E-state index in [1.807, 2.05) is 22.9 Å². The summed E-state index contributed by atoms with van der Waals surface area (Å²) in [6, 6.07) is 5.63. The molecule has 0 radical (unpaired) electrons. The van der Waals surface area contributed by atoms with Crippen LogP contribution < -0.4 is 5.32 Å². The van der Waals surface area contributed by atoms with E-state index in [9.17, 15) is 4.79 Å². The first-order valence-electron chi connectivity index (χ1n) is 6.46. The van der Waals surface area contributed by atoms with Crippen molar-refractivity contribution >= 4 is 29.0 Å². The minimum atomic E-state index is -0.0719. The highest BCUT2D eigenvalue weighted by molar-refractivity contribution is 7.99.